The van der Waals surface area contributed by atoms with Crippen LogP contribution in [0.25, 0.3) is 11.1 Å². The van der Waals surface area contributed by atoms with Gasteiger partial charge in [0.05, 0.1) is 6.61 Å². The van der Waals surface area contributed by atoms with Crippen molar-refractivity contribution in [3.05, 3.63) is 53.0 Å². The fourth-order valence-electron chi connectivity index (χ4n) is 2.78. The second kappa shape index (κ2) is 9.88. The Bertz CT molecular complexity index is 586. The Morgan fingerprint density at radius 1 is 0.792 bits per heavy atom. The lowest BCUT2D eigenvalue weighted by Gasteiger charge is -2.13. The van der Waals surface area contributed by atoms with Gasteiger partial charge in [0, 0.05) is 4.47 Å². The minimum atomic E-state index is 0.741. The first-order valence-corrected chi connectivity index (χ1v) is 9.82. The van der Waals surface area contributed by atoms with E-state index >= 15 is 0 Å². The van der Waals surface area contributed by atoms with E-state index in [0.29, 0.717) is 0 Å². The second-order valence-corrected chi connectivity index (χ2v) is 8.01. The first-order valence-electron chi connectivity index (χ1n) is 9.03. The molecule has 0 heterocycles. The lowest BCUT2D eigenvalue weighted by molar-refractivity contribution is 0.276. The van der Waals surface area contributed by atoms with Crippen molar-refractivity contribution in [1.82, 2.24) is 0 Å². The van der Waals surface area contributed by atoms with E-state index in [1.165, 1.54) is 30.4 Å². The van der Waals surface area contributed by atoms with E-state index in [1.807, 2.05) is 0 Å². The molecule has 1 atom stereocenters. The molecule has 2 aromatic rings. The predicted octanol–water partition coefficient (Wildman–Crippen LogP) is 7.35. The van der Waals surface area contributed by atoms with Gasteiger partial charge in [-0.3, -0.25) is 0 Å². The van der Waals surface area contributed by atoms with Crippen molar-refractivity contribution >= 4 is 15.9 Å². The first kappa shape index (κ1) is 19.1. The number of halogens is 1. The summed E-state index contributed by atoms with van der Waals surface area (Å²) >= 11 is 3.47. The zero-order valence-electron chi connectivity index (χ0n) is 15.1. The molecule has 0 fully saturated rings. The number of benzene rings is 2. The third-order valence-electron chi connectivity index (χ3n) is 4.39. The molecule has 2 rings (SSSR count). The highest BCUT2D eigenvalue weighted by Gasteiger charge is 2.04. The summed E-state index contributed by atoms with van der Waals surface area (Å²) in [4.78, 5) is 0. The standard InChI is InChI=1S/C22H29BrO/c1-17(2)5-4-6-18(3)15-16-24-22-13-9-20(10-14-22)19-7-11-21(23)12-8-19/h7-14,17-18H,4-6,15-16H2,1-3H3/t18-/m0/s1. The van der Waals surface area contributed by atoms with Gasteiger partial charge in [0.25, 0.3) is 0 Å². The van der Waals surface area contributed by atoms with Crippen LogP contribution < -0.4 is 4.74 Å². The predicted molar refractivity (Wildman–Crippen MR) is 108 cm³/mol. The maximum atomic E-state index is 5.91. The lowest BCUT2D eigenvalue weighted by Crippen LogP contribution is -2.04. The third kappa shape index (κ3) is 6.68. The van der Waals surface area contributed by atoms with Crippen molar-refractivity contribution in [2.75, 3.05) is 6.61 Å². The van der Waals surface area contributed by atoms with Gasteiger partial charge >= 0.3 is 0 Å². The van der Waals surface area contributed by atoms with E-state index in [9.17, 15) is 0 Å². The molecule has 0 aromatic heterocycles. The van der Waals surface area contributed by atoms with Crippen LogP contribution in [0.2, 0.25) is 0 Å². The Labute approximate surface area is 155 Å². The summed E-state index contributed by atoms with van der Waals surface area (Å²) in [6, 6.07) is 16.8. The molecular formula is C22H29BrO. The molecule has 0 saturated carbocycles. The van der Waals surface area contributed by atoms with Crippen LogP contribution in [0.1, 0.15) is 46.5 Å². The van der Waals surface area contributed by atoms with E-state index in [0.717, 1.165) is 35.1 Å². The normalized spacial score (nSPS) is 12.4. The van der Waals surface area contributed by atoms with Gasteiger partial charge in [-0.05, 0) is 53.6 Å². The highest BCUT2D eigenvalue weighted by Crippen LogP contribution is 2.24. The number of hydrogen-bond donors (Lipinski definition) is 0. The van der Waals surface area contributed by atoms with Gasteiger partial charge in [0.15, 0.2) is 0 Å². The Hall–Kier alpha value is -1.28. The van der Waals surface area contributed by atoms with Crippen LogP contribution >= 0.6 is 15.9 Å². The maximum absolute atomic E-state index is 5.91. The zero-order valence-corrected chi connectivity index (χ0v) is 16.7. The summed E-state index contributed by atoms with van der Waals surface area (Å²) in [6.45, 7) is 7.73. The van der Waals surface area contributed by atoms with Gasteiger partial charge in [0.1, 0.15) is 5.75 Å². The molecule has 0 radical (unpaired) electrons. The quantitative estimate of drug-likeness (QED) is 0.436. The van der Waals surface area contributed by atoms with Crippen molar-refractivity contribution in [1.29, 1.82) is 0 Å². The summed E-state index contributed by atoms with van der Waals surface area (Å²) in [5, 5.41) is 0. The van der Waals surface area contributed by atoms with Crippen molar-refractivity contribution in [2.24, 2.45) is 11.8 Å². The topological polar surface area (TPSA) is 9.23 Å². The Morgan fingerprint density at radius 3 is 1.96 bits per heavy atom. The highest BCUT2D eigenvalue weighted by atomic mass is 79.9. The Kier molecular flexibility index (Phi) is 7.84. The molecule has 0 amide bonds. The van der Waals surface area contributed by atoms with Gasteiger partial charge in [-0.1, -0.05) is 80.2 Å². The lowest BCUT2D eigenvalue weighted by atomic mass is 9.98. The van der Waals surface area contributed by atoms with Crippen LogP contribution in [0.5, 0.6) is 5.75 Å². The molecule has 0 spiro atoms. The fraction of sp³-hybridized carbons (Fsp3) is 0.455. The molecular weight excluding hydrogens is 360 g/mol. The Balaban J connectivity index is 1.75. The van der Waals surface area contributed by atoms with Gasteiger partial charge in [-0.25, -0.2) is 0 Å². The van der Waals surface area contributed by atoms with E-state index in [2.05, 4.69) is 85.2 Å². The number of ether oxygens (including phenoxy) is 1. The van der Waals surface area contributed by atoms with Crippen LogP contribution in [0.15, 0.2) is 53.0 Å². The molecule has 0 bridgehead atoms. The third-order valence-corrected chi connectivity index (χ3v) is 4.92. The number of hydrogen-bond acceptors (Lipinski definition) is 1. The van der Waals surface area contributed by atoms with Gasteiger partial charge < -0.3 is 4.74 Å². The van der Waals surface area contributed by atoms with Crippen LogP contribution in [0.3, 0.4) is 0 Å². The summed E-state index contributed by atoms with van der Waals surface area (Å²) in [6.07, 6.45) is 5.11. The maximum Gasteiger partial charge on any atom is 0.119 e. The summed E-state index contributed by atoms with van der Waals surface area (Å²) < 4.78 is 7.01. The molecule has 0 unspecified atom stereocenters. The molecule has 130 valence electrons. The monoisotopic (exact) mass is 388 g/mol. The molecule has 0 aliphatic heterocycles. The summed E-state index contributed by atoms with van der Waals surface area (Å²) in [5.41, 5.74) is 2.44. The van der Waals surface area contributed by atoms with Crippen molar-refractivity contribution in [3.63, 3.8) is 0 Å². The Morgan fingerprint density at radius 2 is 1.38 bits per heavy atom. The largest absolute Gasteiger partial charge is 0.494 e. The van der Waals surface area contributed by atoms with Crippen molar-refractivity contribution in [3.8, 4) is 16.9 Å². The van der Waals surface area contributed by atoms with Gasteiger partial charge in [0.2, 0.25) is 0 Å². The van der Waals surface area contributed by atoms with Crippen LogP contribution in [-0.2, 0) is 0 Å². The smallest absolute Gasteiger partial charge is 0.119 e. The highest BCUT2D eigenvalue weighted by molar-refractivity contribution is 9.10. The summed E-state index contributed by atoms with van der Waals surface area (Å²) in [5.74, 6) is 2.52. The average Bonchev–Trinajstić information content (AvgIpc) is 2.56. The van der Waals surface area contributed by atoms with Crippen molar-refractivity contribution in [2.45, 2.75) is 46.5 Å². The second-order valence-electron chi connectivity index (χ2n) is 7.10. The zero-order chi connectivity index (χ0) is 17.4. The first-order chi connectivity index (χ1) is 11.5. The fourth-order valence-corrected chi connectivity index (χ4v) is 3.05. The molecule has 0 N–H and O–H groups in total. The molecule has 24 heavy (non-hydrogen) atoms. The SMILES string of the molecule is CC(C)CCC[C@H](C)CCOc1ccc(-c2ccc(Br)cc2)cc1. The minimum absolute atomic E-state index is 0.741. The van der Waals surface area contributed by atoms with E-state index in [4.69, 9.17) is 4.74 Å². The van der Waals surface area contributed by atoms with Crippen LogP contribution in [0.4, 0.5) is 0 Å². The van der Waals surface area contributed by atoms with Crippen molar-refractivity contribution < 1.29 is 4.74 Å². The molecule has 0 saturated heterocycles. The van der Waals surface area contributed by atoms with E-state index in [-0.39, 0.29) is 0 Å². The van der Waals surface area contributed by atoms with Gasteiger partial charge in [-0.2, -0.15) is 0 Å². The summed E-state index contributed by atoms with van der Waals surface area (Å²) in [7, 11) is 0. The van der Waals surface area contributed by atoms with Crippen LogP contribution in [0, 0.1) is 11.8 Å². The molecule has 0 aliphatic carbocycles. The molecule has 2 aromatic carbocycles. The molecule has 2 heteroatoms. The van der Waals surface area contributed by atoms with E-state index < -0.39 is 0 Å². The van der Waals surface area contributed by atoms with Crippen LogP contribution in [-0.4, -0.2) is 6.61 Å². The number of rotatable bonds is 9. The molecule has 1 nitrogen and oxygen atoms in total. The average molecular weight is 389 g/mol. The van der Waals surface area contributed by atoms with Gasteiger partial charge in [-0.15, -0.1) is 0 Å². The minimum Gasteiger partial charge on any atom is -0.494 e. The molecule has 0 aliphatic rings. The van der Waals surface area contributed by atoms with E-state index in [1.54, 1.807) is 0 Å².